The van der Waals surface area contributed by atoms with E-state index >= 15 is 0 Å². The Morgan fingerprint density at radius 3 is 2.72 bits per heavy atom. The second-order valence-electron chi connectivity index (χ2n) is 7.96. The van der Waals surface area contributed by atoms with E-state index in [9.17, 15) is 4.79 Å². The van der Waals surface area contributed by atoms with Crippen LogP contribution in [0.4, 0.5) is 0 Å². The summed E-state index contributed by atoms with van der Waals surface area (Å²) in [5, 5.41) is 7.79. The van der Waals surface area contributed by atoms with Gasteiger partial charge in [0, 0.05) is 52.5 Å². The number of fused-ring (bicyclic) bond motifs is 1. The van der Waals surface area contributed by atoms with E-state index in [4.69, 9.17) is 0 Å². The first-order valence-corrected chi connectivity index (χ1v) is 10.2. The lowest BCUT2D eigenvalue weighted by Crippen LogP contribution is -2.46. The minimum Gasteiger partial charge on any atom is -0.347 e. The molecule has 0 saturated carbocycles. The molecule has 0 atom stereocenters. The first-order chi connectivity index (χ1) is 13.9. The molecule has 3 rings (SSSR count). The molecule has 2 aromatic rings. The normalized spacial score (nSPS) is 14.1. The Morgan fingerprint density at radius 2 is 2.03 bits per heavy atom. The van der Waals surface area contributed by atoms with Crippen LogP contribution in [0.2, 0.25) is 0 Å². The molecule has 2 heterocycles. The van der Waals surface area contributed by atoms with E-state index in [0.717, 1.165) is 18.7 Å². The van der Waals surface area contributed by atoms with Gasteiger partial charge < -0.3 is 15.1 Å². The van der Waals surface area contributed by atoms with Crippen molar-refractivity contribution in [1.29, 1.82) is 0 Å². The quantitative estimate of drug-likeness (QED) is 0.621. The average Bonchev–Trinajstić information content (AvgIpc) is 3.08. The molecule has 0 radical (unpaired) electrons. The number of nitrogens with zero attached hydrogens (tertiary/aromatic N) is 5. The SMILES string of the molecule is CN=C(NCC(=O)N1CCc2ccccc2C1)N(C)Cc1cn(C)nc1C(C)C. The topological polar surface area (TPSA) is 65.8 Å². The van der Waals surface area contributed by atoms with Gasteiger partial charge in [0.05, 0.1) is 12.2 Å². The van der Waals surface area contributed by atoms with Crippen LogP contribution >= 0.6 is 0 Å². The number of hydrogen-bond donors (Lipinski definition) is 1. The first kappa shape index (κ1) is 20.9. The van der Waals surface area contributed by atoms with Gasteiger partial charge in [0.2, 0.25) is 5.91 Å². The summed E-state index contributed by atoms with van der Waals surface area (Å²) in [5.74, 6) is 1.16. The summed E-state index contributed by atoms with van der Waals surface area (Å²) in [4.78, 5) is 21.0. The molecule has 0 bridgehead atoms. The van der Waals surface area contributed by atoms with Crippen LogP contribution in [-0.2, 0) is 31.4 Å². The molecule has 1 aromatic heterocycles. The zero-order valence-electron chi connectivity index (χ0n) is 18.1. The number of aliphatic imine (C=N–C) groups is 1. The third kappa shape index (κ3) is 4.96. The third-order valence-electron chi connectivity index (χ3n) is 5.35. The highest BCUT2D eigenvalue weighted by Crippen LogP contribution is 2.19. The number of nitrogens with one attached hydrogen (secondary N) is 1. The predicted molar refractivity (Wildman–Crippen MR) is 116 cm³/mol. The van der Waals surface area contributed by atoms with Crippen molar-refractivity contribution in [2.75, 3.05) is 27.2 Å². The Morgan fingerprint density at radius 1 is 1.31 bits per heavy atom. The van der Waals surface area contributed by atoms with Gasteiger partial charge in [-0.25, -0.2) is 0 Å². The van der Waals surface area contributed by atoms with Crippen molar-refractivity contribution < 1.29 is 4.79 Å². The number of aromatic nitrogens is 2. The lowest BCUT2D eigenvalue weighted by Gasteiger charge is -2.29. The van der Waals surface area contributed by atoms with Gasteiger partial charge in [0.15, 0.2) is 5.96 Å². The molecule has 0 fully saturated rings. The lowest BCUT2D eigenvalue weighted by atomic mass is 10.00. The monoisotopic (exact) mass is 396 g/mol. The third-order valence-corrected chi connectivity index (χ3v) is 5.35. The number of rotatable bonds is 5. The van der Waals surface area contributed by atoms with Crippen molar-refractivity contribution in [3.63, 3.8) is 0 Å². The van der Waals surface area contributed by atoms with Gasteiger partial charge in [-0.2, -0.15) is 5.10 Å². The summed E-state index contributed by atoms with van der Waals surface area (Å²) < 4.78 is 1.85. The number of benzene rings is 1. The van der Waals surface area contributed by atoms with Crippen LogP contribution < -0.4 is 5.32 Å². The zero-order valence-corrected chi connectivity index (χ0v) is 18.1. The average molecular weight is 397 g/mol. The minimum absolute atomic E-state index is 0.0956. The number of aryl methyl sites for hydroxylation is 1. The molecule has 0 saturated heterocycles. The Kier molecular flexibility index (Phi) is 6.56. The maximum absolute atomic E-state index is 12.7. The molecule has 1 amide bonds. The van der Waals surface area contributed by atoms with Crippen molar-refractivity contribution in [3.8, 4) is 0 Å². The molecule has 0 aliphatic carbocycles. The number of amides is 1. The van der Waals surface area contributed by atoms with Crippen LogP contribution in [0.3, 0.4) is 0 Å². The summed E-state index contributed by atoms with van der Waals surface area (Å²) in [6.45, 7) is 6.66. The zero-order chi connectivity index (χ0) is 21.0. The van der Waals surface area contributed by atoms with E-state index in [2.05, 4.69) is 53.7 Å². The standard InChI is InChI=1S/C22H32N6O/c1-16(2)21-19(14-27(5)25-21)13-26(4)22(23-3)24-12-20(29)28-11-10-17-8-6-7-9-18(17)15-28/h6-9,14,16H,10-13,15H2,1-5H3,(H,23,24). The molecule has 1 N–H and O–H groups in total. The summed E-state index contributed by atoms with van der Waals surface area (Å²) in [6, 6.07) is 8.35. The molecule has 1 aliphatic rings. The van der Waals surface area contributed by atoms with Crippen molar-refractivity contribution in [2.24, 2.45) is 12.0 Å². The van der Waals surface area contributed by atoms with Crippen LogP contribution in [0.1, 0.15) is 42.1 Å². The van der Waals surface area contributed by atoms with Gasteiger partial charge in [-0.15, -0.1) is 0 Å². The second-order valence-corrected chi connectivity index (χ2v) is 7.96. The molecule has 29 heavy (non-hydrogen) atoms. The van der Waals surface area contributed by atoms with E-state index in [1.807, 2.05) is 34.6 Å². The molecule has 7 nitrogen and oxygen atoms in total. The molecule has 0 unspecified atom stereocenters. The largest absolute Gasteiger partial charge is 0.347 e. The summed E-state index contributed by atoms with van der Waals surface area (Å²) in [6.07, 6.45) is 2.96. The van der Waals surface area contributed by atoms with Gasteiger partial charge in [-0.05, 0) is 23.5 Å². The van der Waals surface area contributed by atoms with E-state index in [1.165, 1.54) is 16.7 Å². The molecule has 7 heteroatoms. The van der Waals surface area contributed by atoms with Gasteiger partial charge in [-0.3, -0.25) is 14.5 Å². The molecular formula is C22H32N6O. The van der Waals surface area contributed by atoms with Crippen LogP contribution in [0.25, 0.3) is 0 Å². The summed E-state index contributed by atoms with van der Waals surface area (Å²) in [5.41, 5.74) is 4.86. The highest BCUT2D eigenvalue weighted by atomic mass is 16.2. The van der Waals surface area contributed by atoms with Gasteiger partial charge in [0.1, 0.15) is 0 Å². The maximum atomic E-state index is 12.7. The van der Waals surface area contributed by atoms with E-state index < -0.39 is 0 Å². The first-order valence-electron chi connectivity index (χ1n) is 10.2. The van der Waals surface area contributed by atoms with Crippen LogP contribution in [-0.4, -0.2) is 58.6 Å². The number of carbonyl (C=O) groups excluding carboxylic acids is 1. The van der Waals surface area contributed by atoms with E-state index in [1.54, 1.807) is 7.05 Å². The number of guanidine groups is 1. The highest BCUT2D eigenvalue weighted by Gasteiger charge is 2.21. The Hall–Kier alpha value is -2.83. The van der Waals surface area contributed by atoms with E-state index in [-0.39, 0.29) is 12.5 Å². The maximum Gasteiger partial charge on any atom is 0.242 e. The molecule has 1 aliphatic heterocycles. The van der Waals surface area contributed by atoms with Crippen LogP contribution in [0.5, 0.6) is 0 Å². The van der Waals surface area contributed by atoms with Crippen molar-refractivity contribution >= 4 is 11.9 Å². The summed E-state index contributed by atoms with van der Waals surface area (Å²) >= 11 is 0. The fourth-order valence-electron chi connectivity index (χ4n) is 3.85. The van der Waals surface area contributed by atoms with Crippen LogP contribution in [0, 0.1) is 0 Å². The molecule has 0 spiro atoms. The van der Waals surface area contributed by atoms with Crippen molar-refractivity contribution in [1.82, 2.24) is 24.9 Å². The fourth-order valence-corrected chi connectivity index (χ4v) is 3.85. The predicted octanol–water partition coefficient (Wildman–Crippen LogP) is 2.14. The van der Waals surface area contributed by atoms with E-state index in [0.29, 0.717) is 25.0 Å². The second kappa shape index (κ2) is 9.11. The minimum atomic E-state index is 0.0956. The number of hydrogen-bond acceptors (Lipinski definition) is 3. The molecule has 156 valence electrons. The van der Waals surface area contributed by atoms with Gasteiger partial charge in [-0.1, -0.05) is 38.1 Å². The van der Waals surface area contributed by atoms with Gasteiger partial charge in [0.25, 0.3) is 0 Å². The molecule has 1 aromatic carbocycles. The number of carbonyl (C=O) groups is 1. The highest BCUT2D eigenvalue weighted by molar-refractivity contribution is 5.86. The Balaban J connectivity index is 1.57. The van der Waals surface area contributed by atoms with Crippen molar-refractivity contribution in [3.05, 3.63) is 52.8 Å². The van der Waals surface area contributed by atoms with Crippen molar-refractivity contribution in [2.45, 2.75) is 39.3 Å². The molecular weight excluding hydrogens is 364 g/mol. The van der Waals surface area contributed by atoms with Gasteiger partial charge >= 0.3 is 0 Å². The fraction of sp³-hybridized carbons (Fsp3) is 0.500. The summed E-state index contributed by atoms with van der Waals surface area (Å²) in [7, 11) is 5.67. The lowest BCUT2D eigenvalue weighted by molar-refractivity contribution is -0.130. The Bertz CT molecular complexity index is 885. The smallest absolute Gasteiger partial charge is 0.242 e. The Labute approximate surface area is 173 Å². The van der Waals surface area contributed by atoms with Crippen LogP contribution in [0.15, 0.2) is 35.5 Å².